The van der Waals surface area contributed by atoms with E-state index in [1.54, 1.807) is 0 Å². The van der Waals surface area contributed by atoms with Crippen molar-refractivity contribution in [1.82, 2.24) is 0 Å². The first-order valence-electron chi connectivity index (χ1n) is 23.8. The quantitative estimate of drug-likeness (QED) is 0.143. The Balaban J connectivity index is 1.05. The minimum absolute atomic E-state index is 0.592. The van der Waals surface area contributed by atoms with E-state index in [4.69, 9.17) is 0 Å². The van der Waals surface area contributed by atoms with Crippen LogP contribution in [0.4, 0.5) is 34.1 Å². The molecule has 11 aromatic carbocycles. The molecule has 0 N–H and O–H groups in total. The van der Waals surface area contributed by atoms with Gasteiger partial charge in [-0.05, 0) is 116 Å². The zero-order chi connectivity index (χ0) is 45.7. The molecule has 0 saturated carbocycles. The molecule has 2 nitrogen and oxygen atoms in total. The molecule has 324 valence electrons. The fraction of sp³-hybridized carbons (Fsp3) is 0.0149. The van der Waals surface area contributed by atoms with E-state index in [1.807, 2.05) is 0 Å². The Labute approximate surface area is 404 Å². The highest BCUT2D eigenvalue weighted by molar-refractivity contribution is 6.05. The van der Waals surface area contributed by atoms with Crippen LogP contribution in [0.25, 0.3) is 55.6 Å². The van der Waals surface area contributed by atoms with Crippen molar-refractivity contribution in [2.24, 2.45) is 0 Å². The van der Waals surface area contributed by atoms with Crippen molar-refractivity contribution < 1.29 is 0 Å². The molecule has 2 aliphatic carbocycles. The van der Waals surface area contributed by atoms with Crippen LogP contribution < -0.4 is 9.80 Å². The number of nitrogens with zero attached hydrogens (tertiary/aromatic N) is 2. The summed E-state index contributed by atoms with van der Waals surface area (Å²) >= 11 is 0. The van der Waals surface area contributed by atoms with E-state index < -0.39 is 5.41 Å². The number of rotatable bonds is 9. The lowest BCUT2D eigenvalue weighted by Crippen LogP contribution is -2.26. The maximum Gasteiger partial charge on any atom is 0.0727 e. The van der Waals surface area contributed by atoms with Gasteiger partial charge < -0.3 is 9.80 Å². The van der Waals surface area contributed by atoms with Gasteiger partial charge in [0.2, 0.25) is 0 Å². The normalized spacial score (nSPS) is 13.9. The van der Waals surface area contributed by atoms with Gasteiger partial charge in [-0.15, -0.1) is 0 Å². The van der Waals surface area contributed by atoms with Gasteiger partial charge in [0.25, 0.3) is 0 Å². The summed E-state index contributed by atoms with van der Waals surface area (Å²) in [6, 6.07) is 102. The van der Waals surface area contributed by atoms with Crippen LogP contribution in [0.1, 0.15) is 22.3 Å². The van der Waals surface area contributed by atoms with Gasteiger partial charge in [-0.1, -0.05) is 224 Å². The smallest absolute Gasteiger partial charge is 0.0727 e. The fourth-order valence-electron chi connectivity index (χ4n) is 11.4. The number of para-hydroxylation sites is 2. The number of fused-ring (bicyclic) bond motifs is 10. The second-order valence-electron chi connectivity index (χ2n) is 18.0. The lowest BCUT2D eigenvalue weighted by atomic mass is 9.70. The summed E-state index contributed by atoms with van der Waals surface area (Å²) in [5, 5.41) is 0. The van der Waals surface area contributed by atoms with Crippen molar-refractivity contribution in [1.29, 1.82) is 0 Å². The summed E-state index contributed by atoms with van der Waals surface area (Å²) in [6.45, 7) is 0. The summed E-state index contributed by atoms with van der Waals surface area (Å²) < 4.78 is 0. The van der Waals surface area contributed by atoms with Gasteiger partial charge in [0, 0.05) is 33.8 Å². The van der Waals surface area contributed by atoms with Crippen LogP contribution in [0, 0.1) is 0 Å². The summed E-state index contributed by atoms with van der Waals surface area (Å²) in [5.74, 6) is 0. The number of benzene rings is 11. The molecule has 69 heavy (non-hydrogen) atoms. The largest absolute Gasteiger partial charge is 0.310 e. The van der Waals surface area contributed by atoms with E-state index >= 15 is 0 Å². The minimum Gasteiger partial charge on any atom is -0.310 e. The topological polar surface area (TPSA) is 6.48 Å². The van der Waals surface area contributed by atoms with Gasteiger partial charge in [0.1, 0.15) is 0 Å². The molecular weight excluding hydrogens is 833 g/mol. The molecule has 0 heterocycles. The highest BCUT2D eigenvalue weighted by Crippen LogP contribution is 2.66. The van der Waals surface area contributed by atoms with Crippen LogP contribution in [0.3, 0.4) is 0 Å². The van der Waals surface area contributed by atoms with Gasteiger partial charge in [-0.2, -0.15) is 0 Å². The van der Waals surface area contributed by atoms with Crippen molar-refractivity contribution in [3.8, 4) is 55.6 Å². The van der Waals surface area contributed by atoms with E-state index in [9.17, 15) is 0 Å². The maximum absolute atomic E-state index is 2.48. The number of hydrogen-bond acceptors (Lipinski definition) is 2. The second kappa shape index (κ2) is 16.7. The maximum atomic E-state index is 2.48. The predicted molar refractivity (Wildman–Crippen MR) is 288 cm³/mol. The zero-order valence-corrected chi connectivity index (χ0v) is 38.0. The van der Waals surface area contributed by atoms with Gasteiger partial charge in [-0.25, -0.2) is 0 Å². The van der Waals surface area contributed by atoms with Crippen molar-refractivity contribution in [2.45, 2.75) is 5.41 Å². The average molecular weight is 879 g/mol. The highest BCUT2D eigenvalue weighted by atomic mass is 15.2. The lowest BCUT2D eigenvalue weighted by Gasteiger charge is -2.33. The summed E-state index contributed by atoms with van der Waals surface area (Å²) in [6.07, 6.45) is 0. The standard InChI is InChI=1S/C67H46N2/c1-5-21-47(22-6-1)49-39-43-53(44-40-49)68(54-45-41-50(42-46-54)48-23-7-2-8-24-48)63-37-19-34-60-65(63)56-30-13-16-32-58(56)67(60)59-33-17-14-31-57(59)66-61(67)35-20-38-64(66)69(52-27-11-4-12-28-52)62-36-18-15-29-55(62)51-25-9-3-10-26-51/h1-46H. The predicted octanol–water partition coefficient (Wildman–Crippen LogP) is 18.0. The van der Waals surface area contributed by atoms with E-state index in [0.717, 1.165) is 34.1 Å². The molecule has 0 bridgehead atoms. The van der Waals surface area contributed by atoms with Gasteiger partial charge in [0.15, 0.2) is 0 Å². The van der Waals surface area contributed by atoms with Crippen molar-refractivity contribution in [2.75, 3.05) is 9.80 Å². The van der Waals surface area contributed by atoms with Gasteiger partial charge >= 0.3 is 0 Å². The second-order valence-corrected chi connectivity index (χ2v) is 18.0. The Bertz CT molecular complexity index is 3560. The minimum atomic E-state index is -0.592. The van der Waals surface area contributed by atoms with Crippen LogP contribution in [0.5, 0.6) is 0 Å². The van der Waals surface area contributed by atoms with Crippen LogP contribution in [0.2, 0.25) is 0 Å². The van der Waals surface area contributed by atoms with E-state index in [1.165, 1.54) is 77.9 Å². The number of hydrogen-bond donors (Lipinski definition) is 0. The van der Waals surface area contributed by atoms with Gasteiger partial charge in [0.05, 0.1) is 22.5 Å². The van der Waals surface area contributed by atoms with Crippen LogP contribution in [0.15, 0.2) is 279 Å². The first-order chi connectivity index (χ1) is 34.3. The Morgan fingerprint density at radius 1 is 0.203 bits per heavy atom. The van der Waals surface area contributed by atoms with Crippen molar-refractivity contribution >= 4 is 34.1 Å². The molecule has 0 aromatic heterocycles. The molecule has 0 saturated heterocycles. The highest BCUT2D eigenvalue weighted by Gasteiger charge is 2.53. The first-order valence-corrected chi connectivity index (χ1v) is 23.8. The lowest BCUT2D eigenvalue weighted by molar-refractivity contribution is 0.793. The molecule has 0 amide bonds. The molecular formula is C67H46N2. The van der Waals surface area contributed by atoms with E-state index in [0.29, 0.717) is 0 Å². The summed E-state index contributed by atoms with van der Waals surface area (Å²) in [5.41, 5.74) is 23.4. The molecule has 2 heteroatoms. The molecule has 1 spiro atoms. The molecule has 1 atom stereocenters. The monoisotopic (exact) mass is 878 g/mol. The third-order valence-electron chi connectivity index (χ3n) is 14.3. The first kappa shape index (κ1) is 40.3. The molecule has 0 radical (unpaired) electrons. The molecule has 0 fully saturated rings. The Kier molecular flexibility index (Phi) is 9.77. The third-order valence-corrected chi connectivity index (χ3v) is 14.3. The Morgan fingerprint density at radius 3 is 1.03 bits per heavy atom. The molecule has 0 aliphatic heterocycles. The summed E-state index contributed by atoms with van der Waals surface area (Å²) in [4.78, 5) is 4.95. The van der Waals surface area contributed by atoms with Crippen LogP contribution in [-0.2, 0) is 5.41 Å². The fourth-order valence-corrected chi connectivity index (χ4v) is 11.4. The van der Waals surface area contributed by atoms with Crippen LogP contribution >= 0.6 is 0 Å². The van der Waals surface area contributed by atoms with Gasteiger partial charge in [-0.3, -0.25) is 0 Å². The Morgan fingerprint density at radius 2 is 0.536 bits per heavy atom. The van der Waals surface area contributed by atoms with Crippen LogP contribution in [-0.4, -0.2) is 0 Å². The van der Waals surface area contributed by atoms with E-state index in [-0.39, 0.29) is 0 Å². The average Bonchev–Trinajstić information content (AvgIpc) is 3.91. The molecule has 11 aromatic rings. The zero-order valence-electron chi connectivity index (χ0n) is 38.0. The SMILES string of the molecule is c1ccc(-c2ccc(N(c3ccc(-c4ccccc4)cc3)c3cccc4c3-c3ccccc3C43c4ccccc4-c4c(N(c5ccccc5)c5ccccc5-c5ccccc5)cccc43)cc2)cc1. The molecule has 13 rings (SSSR count). The third kappa shape index (κ3) is 6.48. The Hall–Kier alpha value is -8.98. The van der Waals surface area contributed by atoms with E-state index in [2.05, 4.69) is 289 Å². The number of anilines is 6. The van der Waals surface area contributed by atoms with Crippen molar-refractivity contribution in [3.05, 3.63) is 301 Å². The van der Waals surface area contributed by atoms with Crippen molar-refractivity contribution in [3.63, 3.8) is 0 Å². The summed E-state index contributed by atoms with van der Waals surface area (Å²) in [7, 11) is 0. The molecule has 1 unspecified atom stereocenters. The molecule has 2 aliphatic rings.